The fraction of sp³-hybridized carbons (Fsp3) is 0.647. The van der Waals surface area contributed by atoms with Gasteiger partial charge in [0.05, 0.1) is 0 Å². The number of likely N-dealkylation sites (N-methyl/N-ethyl adjacent to an activating group) is 1. The van der Waals surface area contributed by atoms with E-state index in [1.807, 2.05) is 0 Å². The Morgan fingerprint density at radius 2 is 1.90 bits per heavy atom. The smallest absolute Gasteiger partial charge is 0.0234 e. The fourth-order valence-corrected chi connectivity index (χ4v) is 2.89. The molecule has 1 aliphatic heterocycles. The van der Waals surface area contributed by atoms with Crippen molar-refractivity contribution >= 4 is 0 Å². The normalized spacial score (nSPS) is 20.5. The predicted octanol–water partition coefficient (Wildman–Crippen LogP) is 2.32. The SMILES string of the molecule is CCNCc1ccc(CN2CCCC(N(C)C)C2)cc1. The maximum Gasteiger partial charge on any atom is 0.0234 e. The second-order valence-electron chi connectivity index (χ2n) is 6.09. The molecular formula is C17H29N3. The first-order valence-electron chi connectivity index (χ1n) is 7.86. The van der Waals surface area contributed by atoms with E-state index in [0.29, 0.717) is 0 Å². The molecule has 0 saturated carbocycles. The first kappa shape index (κ1) is 15.5. The van der Waals surface area contributed by atoms with Gasteiger partial charge in [0.2, 0.25) is 0 Å². The molecule has 0 aromatic heterocycles. The van der Waals surface area contributed by atoms with Gasteiger partial charge in [0.15, 0.2) is 0 Å². The maximum atomic E-state index is 3.37. The number of piperidine rings is 1. The molecule has 1 aromatic carbocycles. The highest BCUT2D eigenvalue weighted by Crippen LogP contribution is 2.16. The van der Waals surface area contributed by atoms with Crippen LogP contribution in [0.5, 0.6) is 0 Å². The lowest BCUT2D eigenvalue weighted by atomic mass is 10.0. The van der Waals surface area contributed by atoms with Gasteiger partial charge in [0.1, 0.15) is 0 Å². The van der Waals surface area contributed by atoms with Gasteiger partial charge in [-0.2, -0.15) is 0 Å². The molecule has 2 rings (SSSR count). The van der Waals surface area contributed by atoms with Crippen molar-refractivity contribution in [2.75, 3.05) is 33.7 Å². The van der Waals surface area contributed by atoms with E-state index in [1.165, 1.54) is 37.1 Å². The Labute approximate surface area is 124 Å². The zero-order valence-corrected chi connectivity index (χ0v) is 13.2. The predicted molar refractivity (Wildman–Crippen MR) is 85.8 cm³/mol. The molecule has 1 heterocycles. The number of nitrogens with zero attached hydrogens (tertiary/aromatic N) is 2. The van der Waals surface area contributed by atoms with Crippen LogP contribution in [-0.2, 0) is 13.1 Å². The van der Waals surface area contributed by atoms with E-state index in [1.54, 1.807) is 0 Å². The Hall–Kier alpha value is -0.900. The molecule has 0 spiro atoms. The minimum absolute atomic E-state index is 0.719. The molecule has 1 unspecified atom stereocenters. The van der Waals surface area contributed by atoms with Crippen molar-refractivity contribution in [3.63, 3.8) is 0 Å². The number of hydrogen-bond donors (Lipinski definition) is 1. The zero-order valence-electron chi connectivity index (χ0n) is 13.2. The van der Waals surface area contributed by atoms with E-state index in [0.717, 1.165) is 25.7 Å². The number of rotatable bonds is 6. The molecule has 1 N–H and O–H groups in total. The summed E-state index contributed by atoms with van der Waals surface area (Å²) in [4.78, 5) is 4.96. The average Bonchev–Trinajstić information content (AvgIpc) is 2.47. The van der Waals surface area contributed by atoms with Crippen LogP contribution in [0, 0.1) is 0 Å². The van der Waals surface area contributed by atoms with Crippen LogP contribution in [-0.4, -0.2) is 49.6 Å². The van der Waals surface area contributed by atoms with E-state index in [9.17, 15) is 0 Å². The largest absolute Gasteiger partial charge is 0.313 e. The van der Waals surface area contributed by atoms with Gasteiger partial charge >= 0.3 is 0 Å². The standard InChI is InChI=1S/C17H29N3/c1-4-18-12-15-7-9-16(10-8-15)13-20-11-5-6-17(14-20)19(2)3/h7-10,17-18H,4-6,11-14H2,1-3H3. The lowest BCUT2D eigenvalue weighted by Crippen LogP contribution is -2.44. The van der Waals surface area contributed by atoms with E-state index in [-0.39, 0.29) is 0 Å². The van der Waals surface area contributed by atoms with Gasteiger partial charge in [-0.25, -0.2) is 0 Å². The van der Waals surface area contributed by atoms with Gasteiger partial charge in [-0.3, -0.25) is 4.90 Å². The van der Waals surface area contributed by atoms with Crippen molar-refractivity contribution in [2.45, 2.75) is 38.9 Å². The summed E-state index contributed by atoms with van der Waals surface area (Å²) in [5.41, 5.74) is 2.81. The summed E-state index contributed by atoms with van der Waals surface area (Å²) in [5, 5.41) is 3.37. The van der Waals surface area contributed by atoms with Crippen LogP contribution in [0.2, 0.25) is 0 Å². The van der Waals surface area contributed by atoms with E-state index in [4.69, 9.17) is 0 Å². The minimum atomic E-state index is 0.719. The van der Waals surface area contributed by atoms with Gasteiger partial charge < -0.3 is 10.2 Å². The summed E-state index contributed by atoms with van der Waals surface area (Å²) in [6.45, 7) is 7.68. The highest BCUT2D eigenvalue weighted by molar-refractivity contribution is 5.22. The van der Waals surface area contributed by atoms with Crippen LogP contribution in [0.15, 0.2) is 24.3 Å². The molecule has 0 aliphatic carbocycles. The third-order valence-electron chi connectivity index (χ3n) is 4.22. The van der Waals surface area contributed by atoms with Crippen molar-refractivity contribution in [3.8, 4) is 0 Å². The van der Waals surface area contributed by atoms with Crippen molar-refractivity contribution in [2.24, 2.45) is 0 Å². The van der Waals surface area contributed by atoms with Crippen molar-refractivity contribution in [3.05, 3.63) is 35.4 Å². The minimum Gasteiger partial charge on any atom is -0.313 e. The lowest BCUT2D eigenvalue weighted by Gasteiger charge is -2.36. The molecule has 0 radical (unpaired) electrons. The summed E-state index contributed by atoms with van der Waals surface area (Å²) in [6.07, 6.45) is 2.66. The average molecular weight is 275 g/mol. The second kappa shape index (κ2) is 7.77. The summed E-state index contributed by atoms with van der Waals surface area (Å²) in [6, 6.07) is 9.80. The Balaban J connectivity index is 1.86. The fourth-order valence-electron chi connectivity index (χ4n) is 2.89. The molecule has 1 aromatic rings. The van der Waals surface area contributed by atoms with Gasteiger partial charge in [0, 0.05) is 25.7 Å². The van der Waals surface area contributed by atoms with E-state index < -0.39 is 0 Å². The number of likely N-dealkylation sites (tertiary alicyclic amines) is 1. The van der Waals surface area contributed by atoms with Gasteiger partial charge in [0.25, 0.3) is 0 Å². The van der Waals surface area contributed by atoms with Crippen molar-refractivity contribution < 1.29 is 0 Å². The molecule has 1 saturated heterocycles. The van der Waals surface area contributed by atoms with E-state index >= 15 is 0 Å². The molecule has 112 valence electrons. The van der Waals surface area contributed by atoms with Crippen LogP contribution < -0.4 is 5.32 Å². The summed E-state index contributed by atoms with van der Waals surface area (Å²) in [5.74, 6) is 0. The lowest BCUT2D eigenvalue weighted by molar-refractivity contribution is 0.128. The number of hydrogen-bond acceptors (Lipinski definition) is 3. The molecule has 0 amide bonds. The van der Waals surface area contributed by atoms with Crippen molar-refractivity contribution in [1.29, 1.82) is 0 Å². The summed E-state index contributed by atoms with van der Waals surface area (Å²) < 4.78 is 0. The maximum absolute atomic E-state index is 3.37. The topological polar surface area (TPSA) is 18.5 Å². The Kier molecular flexibility index (Phi) is 6.02. The number of nitrogens with one attached hydrogen (secondary N) is 1. The van der Waals surface area contributed by atoms with Crippen LogP contribution in [0.4, 0.5) is 0 Å². The highest BCUT2D eigenvalue weighted by atomic mass is 15.2. The molecular weight excluding hydrogens is 246 g/mol. The molecule has 1 fully saturated rings. The summed E-state index contributed by atoms with van der Waals surface area (Å²) >= 11 is 0. The zero-order chi connectivity index (χ0) is 14.4. The van der Waals surface area contributed by atoms with Crippen LogP contribution in [0.1, 0.15) is 30.9 Å². The third kappa shape index (κ3) is 4.58. The first-order chi connectivity index (χ1) is 9.69. The van der Waals surface area contributed by atoms with E-state index in [2.05, 4.69) is 60.4 Å². The quantitative estimate of drug-likeness (QED) is 0.859. The third-order valence-corrected chi connectivity index (χ3v) is 4.22. The van der Waals surface area contributed by atoms with Gasteiger partial charge in [-0.1, -0.05) is 31.2 Å². The van der Waals surface area contributed by atoms with Crippen LogP contribution in [0.25, 0.3) is 0 Å². The molecule has 3 nitrogen and oxygen atoms in total. The van der Waals surface area contributed by atoms with Crippen molar-refractivity contribution in [1.82, 2.24) is 15.1 Å². The molecule has 1 atom stereocenters. The molecule has 1 aliphatic rings. The highest BCUT2D eigenvalue weighted by Gasteiger charge is 2.21. The van der Waals surface area contributed by atoms with Crippen LogP contribution >= 0.6 is 0 Å². The monoisotopic (exact) mass is 275 g/mol. The van der Waals surface area contributed by atoms with Gasteiger partial charge in [-0.05, 0) is 51.2 Å². The summed E-state index contributed by atoms with van der Waals surface area (Å²) in [7, 11) is 4.40. The Morgan fingerprint density at radius 1 is 1.20 bits per heavy atom. The van der Waals surface area contributed by atoms with Crippen LogP contribution in [0.3, 0.4) is 0 Å². The second-order valence-corrected chi connectivity index (χ2v) is 6.09. The molecule has 20 heavy (non-hydrogen) atoms. The Bertz CT molecular complexity index is 386. The Morgan fingerprint density at radius 3 is 2.55 bits per heavy atom. The number of benzene rings is 1. The van der Waals surface area contributed by atoms with Gasteiger partial charge in [-0.15, -0.1) is 0 Å². The molecule has 3 heteroatoms. The first-order valence-corrected chi connectivity index (χ1v) is 7.86. The molecule has 0 bridgehead atoms.